The maximum atomic E-state index is 13.5. The van der Waals surface area contributed by atoms with Gasteiger partial charge in [0.25, 0.3) is 5.91 Å². The van der Waals surface area contributed by atoms with Crippen molar-refractivity contribution in [2.24, 2.45) is 0 Å². The van der Waals surface area contributed by atoms with Crippen molar-refractivity contribution >= 4 is 17.6 Å². The lowest BCUT2D eigenvalue weighted by Crippen LogP contribution is -2.32. The van der Waals surface area contributed by atoms with Gasteiger partial charge in [0.1, 0.15) is 5.82 Å². The average Bonchev–Trinajstić information content (AvgIpc) is 2.79. The Morgan fingerprint density at radius 3 is 2.47 bits per heavy atom. The van der Waals surface area contributed by atoms with Gasteiger partial charge < -0.3 is 0 Å². The van der Waals surface area contributed by atoms with E-state index in [0.29, 0.717) is 18.7 Å². The second-order valence-electron chi connectivity index (χ2n) is 7.47. The molecule has 4 nitrogen and oxygen atoms in total. The molecule has 152 valence electrons. The van der Waals surface area contributed by atoms with Crippen LogP contribution in [0.4, 0.5) is 4.39 Å². The van der Waals surface area contributed by atoms with Gasteiger partial charge >= 0.3 is 0 Å². The van der Waals surface area contributed by atoms with E-state index in [-0.39, 0.29) is 5.82 Å². The summed E-state index contributed by atoms with van der Waals surface area (Å²) < 4.78 is 13.5. The molecule has 0 aliphatic carbocycles. The van der Waals surface area contributed by atoms with Crippen LogP contribution < -0.4 is 5.48 Å². The summed E-state index contributed by atoms with van der Waals surface area (Å²) in [7, 11) is 0. The normalized spacial score (nSPS) is 14.3. The smallest absolute Gasteiger partial charge is 0.274 e. The molecule has 0 spiro atoms. The lowest BCUT2D eigenvalue weighted by atomic mass is 9.95. The number of rotatable bonds is 5. The van der Waals surface area contributed by atoms with Gasteiger partial charge in [-0.05, 0) is 64.6 Å². The Hall–Kier alpha value is -3.28. The van der Waals surface area contributed by atoms with Crippen molar-refractivity contribution in [2.75, 3.05) is 13.1 Å². The van der Waals surface area contributed by atoms with Gasteiger partial charge in [0.15, 0.2) is 0 Å². The van der Waals surface area contributed by atoms with E-state index >= 15 is 0 Å². The molecule has 1 aliphatic heterocycles. The number of carbonyl (C=O) groups is 1. The first kappa shape index (κ1) is 20.0. The van der Waals surface area contributed by atoms with E-state index in [1.807, 2.05) is 42.5 Å². The maximum absolute atomic E-state index is 13.5. The molecule has 1 heterocycles. The Bertz CT molecular complexity index is 1060. The second-order valence-corrected chi connectivity index (χ2v) is 7.47. The predicted octanol–water partition coefficient (Wildman–Crippen LogP) is 4.54. The van der Waals surface area contributed by atoms with E-state index in [9.17, 15) is 9.18 Å². The van der Waals surface area contributed by atoms with Gasteiger partial charge in [-0.15, -0.1) is 0 Å². The average molecular weight is 402 g/mol. The summed E-state index contributed by atoms with van der Waals surface area (Å²) in [6.45, 7) is 2.30. The highest BCUT2D eigenvalue weighted by molar-refractivity contribution is 5.93. The van der Waals surface area contributed by atoms with Gasteiger partial charge in [-0.25, -0.2) is 9.87 Å². The molecule has 1 aliphatic rings. The summed E-state index contributed by atoms with van der Waals surface area (Å²) in [6, 6.07) is 22.2. The third-order valence-electron chi connectivity index (χ3n) is 5.41. The van der Waals surface area contributed by atoms with Crippen LogP contribution in [0.3, 0.4) is 0 Å². The van der Waals surface area contributed by atoms with Crippen LogP contribution in [0.15, 0.2) is 72.8 Å². The fourth-order valence-electron chi connectivity index (χ4n) is 3.83. The Kier molecular flexibility index (Phi) is 6.02. The van der Waals surface area contributed by atoms with Gasteiger partial charge in [-0.3, -0.25) is 14.9 Å². The highest BCUT2D eigenvalue weighted by Crippen LogP contribution is 2.25. The number of hydrogen-bond acceptors (Lipinski definition) is 3. The summed E-state index contributed by atoms with van der Waals surface area (Å²) >= 11 is 0. The van der Waals surface area contributed by atoms with E-state index in [2.05, 4.69) is 23.1 Å². The molecule has 0 saturated carbocycles. The summed E-state index contributed by atoms with van der Waals surface area (Å²) in [4.78, 5) is 14.1. The van der Waals surface area contributed by atoms with Crippen LogP contribution >= 0.6 is 0 Å². The minimum Gasteiger partial charge on any atom is -0.294 e. The second kappa shape index (κ2) is 9.03. The van der Waals surface area contributed by atoms with Crippen LogP contribution in [0.1, 0.15) is 32.6 Å². The Morgan fingerprint density at radius 1 is 1.00 bits per heavy atom. The zero-order valence-electron chi connectivity index (χ0n) is 16.5. The van der Waals surface area contributed by atoms with Crippen molar-refractivity contribution in [1.29, 1.82) is 0 Å². The first-order valence-electron chi connectivity index (χ1n) is 9.92. The van der Waals surface area contributed by atoms with Crippen molar-refractivity contribution in [1.82, 2.24) is 10.4 Å². The van der Waals surface area contributed by atoms with E-state index in [1.54, 1.807) is 11.5 Å². The molecule has 0 aromatic heterocycles. The van der Waals surface area contributed by atoms with Gasteiger partial charge in [0.05, 0.1) is 0 Å². The highest BCUT2D eigenvalue weighted by Gasteiger charge is 2.19. The van der Waals surface area contributed by atoms with Crippen molar-refractivity contribution in [2.45, 2.75) is 13.0 Å². The lowest BCUT2D eigenvalue weighted by molar-refractivity contribution is 0.0706. The van der Waals surface area contributed by atoms with Crippen LogP contribution in [-0.2, 0) is 13.0 Å². The quantitative estimate of drug-likeness (QED) is 0.374. The molecule has 3 aromatic rings. The number of benzene rings is 3. The van der Waals surface area contributed by atoms with E-state index in [1.165, 1.54) is 17.7 Å². The molecule has 4 rings (SSSR count). The number of hydrogen-bond donors (Lipinski definition) is 2. The fourth-order valence-corrected chi connectivity index (χ4v) is 3.83. The van der Waals surface area contributed by atoms with Gasteiger partial charge in [-0.1, -0.05) is 48.5 Å². The van der Waals surface area contributed by atoms with Crippen molar-refractivity contribution in [3.8, 4) is 0 Å². The molecule has 5 heteroatoms. The van der Waals surface area contributed by atoms with E-state index in [0.717, 1.165) is 35.2 Å². The molecular formula is C25H23FN2O2. The molecule has 2 N–H and O–H groups in total. The molecule has 1 amide bonds. The maximum Gasteiger partial charge on any atom is 0.274 e. The number of halogens is 1. The standard InChI is InChI=1S/C25H23FN2O2/c26-24-10-8-19(9-11-24)22(14-18-4-2-1-3-5-18)16-28-13-12-20-6-7-21(25(29)27-30)15-23(20)17-28/h1-11,14-15,30H,12-13,16-17H2,(H,27,29)/b22-14+. The van der Waals surface area contributed by atoms with Crippen molar-refractivity contribution in [3.63, 3.8) is 0 Å². The Balaban J connectivity index is 1.60. The fraction of sp³-hybridized carbons (Fsp3) is 0.160. The molecule has 30 heavy (non-hydrogen) atoms. The van der Waals surface area contributed by atoms with Gasteiger partial charge in [0, 0.05) is 25.2 Å². The molecule has 0 atom stereocenters. The third kappa shape index (κ3) is 4.64. The predicted molar refractivity (Wildman–Crippen MR) is 115 cm³/mol. The minimum atomic E-state index is -0.508. The zero-order chi connectivity index (χ0) is 20.9. The van der Waals surface area contributed by atoms with Crippen LogP contribution in [0, 0.1) is 5.82 Å². The highest BCUT2D eigenvalue weighted by atomic mass is 19.1. The number of carbonyl (C=O) groups excluding carboxylic acids is 1. The number of hydroxylamine groups is 1. The van der Waals surface area contributed by atoms with Crippen LogP contribution in [0.25, 0.3) is 11.6 Å². The van der Waals surface area contributed by atoms with Crippen LogP contribution in [0.5, 0.6) is 0 Å². The number of amides is 1. The van der Waals surface area contributed by atoms with Gasteiger partial charge in [0.2, 0.25) is 0 Å². The van der Waals surface area contributed by atoms with Crippen molar-refractivity contribution < 1.29 is 14.4 Å². The molecule has 0 saturated heterocycles. The number of nitrogens with one attached hydrogen (secondary N) is 1. The van der Waals surface area contributed by atoms with E-state index in [4.69, 9.17) is 5.21 Å². The molecule has 0 bridgehead atoms. The molecule has 0 radical (unpaired) electrons. The van der Waals surface area contributed by atoms with Crippen molar-refractivity contribution in [3.05, 3.63) is 106 Å². The molecule has 0 fully saturated rings. The number of nitrogens with zero attached hydrogens (tertiary/aromatic N) is 1. The molecule has 3 aromatic carbocycles. The topological polar surface area (TPSA) is 52.6 Å². The van der Waals surface area contributed by atoms with Crippen LogP contribution in [0.2, 0.25) is 0 Å². The van der Waals surface area contributed by atoms with E-state index < -0.39 is 5.91 Å². The lowest BCUT2D eigenvalue weighted by Gasteiger charge is -2.30. The zero-order valence-corrected chi connectivity index (χ0v) is 16.5. The summed E-state index contributed by atoms with van der Waals surface area (Å²) in [6.07, 6.45) is 3.02. The Labute approximate surface area is 175 Å². The molecular weight excluding hydrogens is 379 g/mol. The summed E-state index contributed by atoms with van der Waals surface area (Å²) in [5, 5.41) is 8.90. The SMILES string of the molecule is O=C(NO)c1ccc2c(c1)CN(C/C(=C\c1ccccc1)c1ccc(F)cc1)CC2. The summed E-state index contributed by atoms with van der Waals surface area (Å²) in [5.41, 5.74) is 7.62. The van der Waals surface area contributed by atoms with Gasteiger partial charge in [-0.2, -0.15) is 0 Å². The minimum absolute atomic E-state index is 0.251. The Morgan fingerprint density at radius 2 is 1.73 bits per heavy atom. The monoisotopic (exact) mass is 402 g/mol. The number of fused-ring (bicyclic) bond motifs is 1. The first-order chi connectivity index (χ1) is 14.6. The first-order valence-corrected chi connectivity index (χ1v) is 9.92. The third-order valence-corrected chi connectivity index (χ3v) is 5.41. The molecule has 0 unspecified atom stereocenters. The summed E-state index contributed by atoms with van der Waals surface area (Å²) in [5.74, 6) is -0.759. The largest absolute Gasteiger partial charge is 0.294 e. The van der Waals surface area contributed by atoms with Crippen LogP contribution in [-0.4, -0.2) is 29.1 Å².